The van der Waals surface area contributed by atoms with E-state index in [0.29, 0.717) is 38.8 Å². The number of hydrazine groups is 1. The highest BCUT2D eigenvalue weighted by atomic mass is 16.6. The lowest BCUT2D eigenvalue weighted by Crippen LogP contribution is -2.64. The van der Waals surface area contributed by atoms with E-state index in [1.807, 2.05) is 30.3 Å². The van der Waals surface area contributed by atoms with Crippen LogP contribution in [0.15, 0.2) is 30.3 Å². The van der Waals surface area contributed by atoms with Crippen LogP contribution in [-0.2, 0) is 20.9 Å². The molecule has 1 aromatic carbocycles. The van der Waals surface area contributed by atoms with Crippen molar-refractivity contribution in [2.75, 3.05) is 26.2 Å². The van der Waals surface area contributed by atoms with Crippen LogP contribution >= 0.6 is 0 Å². The average molecular weight is 412 g/mol. The number of fused-ring (bicyclic) bond motifs is 2. The average Bonchev–Trinajstić information content (AvgIpc) is 3.42. The smallest absolute Gasteiger partial charge is 0.410 e. The number of amides is 1. The second-order valence-electron chi connectivity index (χ2n) is 9.35. The summed E-state index contributed by atoms with van der Waals surface area (Å²) < 4.78 is 5.51. The lowest BCUT2D eigenvalue weighted by molar-refractivity contribution is -0.119. The molecule has 0 unspecified atom stereocenters. The number of hydrogen-bond acceptors (Lipinski definition) is 7. The molecule has 2 aliphatic carbocycles. The summed E-state index contributed by atoms with van der Waals surface area (Å²) in [5.41, 5.74) is 7.06. The van der Waals surface area contributed by atoms with Gasteiger partial charge in [0.2, 0.25) is 0 Å². The van der Waals surface area contributed by atoms with Crippen molar-refractivity contribution in [2.45, 2.75) is 43.4 Å². The lowest BCUT2D eigenvalue weighted by atomic mass is 9.89. The lowest BCUT2D eigenvalue weighted by Gasteiger charge is -2.37. The minimum Gasteiger partial charge on any atom is -0.445 e. The van der Waals surface area contributed by atoms with E-state index in [9.17, 15) is 14.4 Å². The Labute approximate surface area is 175 Å². The van der Waals surface area contributed by atoms with Crippen molar-refractivity contribution >= 4 is 17.7 Å². The summed E-state index contributed by atoms with van der Waals surface area (Å²) in [4.78, 5) is 38.7. The monoisotopic (exact) mass is 412 g/mol. The topological polar surface area (TPSA) is 99.8 Å². The van der Waals surface area contributed by atoms with Gasteiger partial charge in [0.1, 0.15) is 18.2 Å². The number of Topliss-reactive ketones (excluding diaryl/α,β-unsaturated/α-hetero) is 2. The van der Waals surface area contributed by atoms with Gasteiger partial charge in [-0.1, -0.05) is 30.3 Å². The molecule has 2 heterocycles. The Balaban J connectivity index is 1.25. The SMILES string of the molecule is O=C1C[C@@H]2CNC[C@]2(NN[C@]23CC(=O)C[C@H]2CN(C(=O)OCc2ccccc2)C3)C1. The van der Waals surface area contributed by atoms with Crippen molar-refractivity contribution in [3.05, 3.63) is 35.9 Å². The normalized spacial score (nSPS) is 35.0. The second-order valence-corrected chi connectivity index (χ2v) is 9.35. The maximum Gasteiger partial charge on any atom is 0.410 e. The van der Waals surface area contributed by atoms with Gasteiger partial charge in [0.05, 0.1) is 11.1 Å². The first-order valence-corrected chi connectivity index (χ1v) is 10.7. The molecule has 3 N–H and O–H groups in total. The highest BCUT2D eigenvalue weighted by Crippen LogP contribution is 2.41. The van der Waals surface area contributed by atoms with Gasteiger partial charge in [-0.05, 0) is 11.5 Å². The first-order valence-electron chi connectivity index (χ1n) is 10.7. The maximum atomic E-state index is 12.7. The van der Waals surface area contributed by atoms with Crippen molar-refractivity contribution in [2.24, 2.45) is 11.8 Å². The summed E-state index contributed by atoms with van der Waals surface area (Å²) in [5, 5.41) is 3.38. The molecule has 5 rings (SSSR count). The fourth-order valence-electron chi connectivity index (χ4n) is 5.69. The molecule has 2 saturated carbocycles. The molecule has 8 heteroatoms. The molecule has 30 heavy (non-hydrogen) atoms. The first-order chi connectivity index (χ1) is 14.5. The Kier molecular flexibility index (Phi) is 4.88. The number of nitrogens with zero attached hydrogens (tertiary/aromatic N) is 1. The Hall–Kier alpha value is -2.29. The van der Waals surface area contributed by atoms with Gasteiger partial charge in [0.25, 0.3) is 0 Å². The van der Waals surface area contributed by atoms with E-state index in [2.05, 4.69) is 16.2 Å². The summed E-state index contributed by atoms with van der Waals surface area (Å²) in [7, 11) is 0. The van der Waals surface area contributed by atoms with E-state index in [0.717, 1.165) is 18.7 Å². The third kappa shape index (κ3) is 3.42. The predicted molar refractivity (Wildman–Crippen MR) is 108 cm³/mol. The third-order valence-electron chi connectivity index (χ3n) is 7.31. The van der Waals surface area contributed by atoms with Crippen LogP contribution in [0.25, 0.3) is 0 Å². The molecule has 0 bridgehead atoms. The molecule has 160 valence electrons. The molecule has 1 amide bonds. The molecule has 4 fully saturated rings. The van der Waals surface area contributed by atoms with Crippen LogP contribution in [0.4, 0.5) is 4.79 Å². The van der Waals surface area contributed by atoms with Crippen molar-refractivity contribution in [3.8, 4) is 0 Å². The fourth-order valence-corrected chi connectivity index (χ4v) is 5.69. The van der Waals surface area contributed by atoms with Crippen LogP contribution in [0.2, 0.25) is 0 Å². The van der Waals surface area contributed by atoms with Gasteiger partial charge in [0, 0.05) is 57.8 Å². The predicted octanol–water partition coefficient (Wildman–Crippen LogP) is 0.772. The number of ketones is 2. The van der Waals surface area contributed by atoms with Crippen LogP contribution < -0.4 is 16.2 Å². The Morgan fingerprint density at radius 1 is 1.07 bits per heavy atom. The van der Waals surface area contributed by atoms with E-state index in [4.69, 9.17) is 4.74 Å². The molecule has 0 radical (unpaired) electrons. The Morgan fingerprint density at radius 2 is 1.77 bits per heavy atom. The van der Waals surface area contributed by atoms with E-state index in [-0.39, 0.29) is 41.6 Å². The zero-order valence-corrected chi connectivity index (χ0v) is 17.0. The van der Waals surface area contributed by atoms with Gasteiger partial charge in [0.15, 0.2) is 0 Å². The molecule has 1 aromatic rings. The van der Waals surface area contributed by atoms with Gasteiger partial charge in [-0.15, -0.1) is 0 Å². The summed E-state index contributed by atoms with van der Waals surface area (Å²) in [5.74, 6) is 0.804. The van der Waals surface area contributed by atoms with Crippen LogP contribution in [0.1, 0.15) is 31.2 Å². The van der Waals surface area contributed by atoms with Crippen LogP contribution in [0, 0.1) is 11.8 Å². The molecular formula is C22H28N4O4. The minimum absolute atomic E-state index is 0.0445. The Bertz CT molecular complexity index is 862. The highest BCUT2D eigenvalue weighted by molar-refractivity contribution is 5.84. The molecular weight excluding hydrogens is 384 g/mol. The number of nitrogens with one attached hydrogen (secondary N) is 3. The van der Waals surface area contributed by atoms with E-state index >= 15 is 0 Å². The van der Waals surface area contributed by atoms with Crippen molar-refractivity contribution in [1.82, 2.24) is 21.1 Å². The number of carbonyl (C=O) groups is 3. The van der Waals surface area contributed by atoms with Gasteiger partial charge in [-0.3, -0.25) is 9.59 Å². The summed E-state index contributed by atoms with van der Waals surface area (Å²) in [6.07, 6.45) is 1.58. The highest BCUT2D eigenvalue weighted by Gasteiger charge is 2.57. The maximum absolute atomic E-state index is 12.7. The molecule has 4 aliphatic rings. The molecule has 4 atom stereocenters. The zero-order chi connectivity index (χ0) is 20.8. The number of carbonyl (C=O) groups excluding carboxylic acids is 3. The van der Waals surface area contributed by atoms with Crippen LogP contribution in [0.3, 0.4) is 0 Å². The van der Waals surface area contributed by atoms with Crippen LogP contribution in [-0.4, -0.2) is 59.8 Å². The number of likely N-dealkylation sites (tertiary alicyclic amines) is 1. The molecule has 2 saturated heterocycles. The largest absolute Gasteiger partial charge is 0.445 e. The molecule has 0 spiro atoms. The van der Waals surface area contributed by atoms with E-state index in [1.54, 1.807) is 4.90 Å². The minimum atomic E-state index is -0.504. The van der Waals surface area contributed by atoms with E-state index in [1.165, 1.54) is 0 Å². The first kappa shape index (κ1) is 19.7. The molecule has 0 aromatic heterocycles. The summed E-state index contributed by atoms with van der Waals surface area (Å²) in [6, 6.07) is 9.60. The zero-order valence-electron chi connectivity index (χ0n) is 17.0. The second kappa shape index (κ2) is 7.44. The summed E-state index contributed by atoms with van der Waals surface area (Å²) >= 11 is 0. The third-order valence-corrected chi connectivity index (χ3v) is 7.31. The quantitative estimate of drug-likeness (QED) is 0.615. The van der Waals surface area contributed by atoms with Crippen LogP contribution in [0.5, 0.6) is 0 Å². The van der Waals surface area contributed by atoms with Crippen molar-refractivity contribution in [3.63, 3.8) is 0 Å². The molecule has 2 aliphatic heterocycles. The number of benzene rings is 1. The van der Waals surface area contributed by atoms with Crippen molar-refractivity contribution in [1.29, 1.82) is 0 Å². The fraction of sp³-hybridized carbons (Fsp3) is 0.591. The van der Waals surface area contributed by atoms with E-state index < -0.39 is 5.54 Å². The van der Waals surface area contributed by atoms with Crippen molar-refractivity contribution < 1.29 is 19.1 Å². The molecule has 8 nitrogen and oxygen atoms in total. The van der Waals surface area contributed by atoms with Gasteiger partial charge < -0.3 is 15.0 Å². The number of ether oxygens (including phenoxy) is 1. The van der Waals surface area contributed by atoms with Gasteiger partial charge in [-0.25, -0.2) is 15.6 Å². The Morgan fingerprint density at radius 3 is 2.57 bits per heavy atom. The standard InChI is InChI=1S/C22H28N4O4/c27-18-6-16-10-23-13-21(16,8-18)24-25-22-9-19(28)7-17(22)11-26(14-22)20(29)30-12-15-4-2-1-3-5-15/h1-5,16-17,23-25H,6-14H2/t16-,17+,21-,22+/m1/s1. The number of rotatable bonds is 5. The van der Waals surface area contributed by atoms with Gasteiger partial charge >= 0.3 is 6.09 Å². The summed E-state index contributed by atoms with van der Waals surface area (Å²) in [6.45, 7) is 2.71. The van der Waals surface area contributed by atoms with Gasteiger partial charge in [-0.2, -0.15) is 0 Å². The number of hydrogen-bond donors (Lipinski definition) is 3.